The van der Waals surface area contributed by atoms with Gasteiger partial charge in [-0.2, -0.15) is 0 Å². The summed E-state index contributed by atoms with van der Waals surface area (Å²) in [5.41, 5.74) is 2.29. The SMILES string of the molecule is CCCN(CCC)C(=O)CN1CCCNc2ccccc21. The smallest absolute Gasteiger partial charge is 0.242 e. The quantitative estimate of drug-likeness (QED) is 0.874. The van der Waals surface area contributed by atoms with Gasteiger partial charge in [-0.25, -0.2) is 0 Å². The molecule has 0 aliphatic carbocycles. The molecule has 1 N–H and O–H groups in total. The molecule has 0 unspecified atom stereocenters. The van der Waals surface area contributed by atoms with Gasteiger partial charge in [0.15, 0.2) is 0 Å². The molecule has 1 aliphatic heterocycles. The Kier molecular flexibility index (Phi) is 5.90. The number of carbonyl (C=O) groups excluding carboxylic acids is 1. The van der Waals surface area contributed by atoms with E-state index in [-0.39, 0.29) is 5.91 Å². The lowest BCUT2D eigenvalue weighted by molar-refractivity contribution is -0.129. The molecule has 0 fully saturated rings. The maximum Gasteiger partial charge on any atom is 0.242 e. The van der Waals surface area contributed by atoms with Crippen molar-refractivity contribution in [3.8, 4) is 0 Å². The number of amides is 1. The molecule has 0 saturated heterocycles. The van der Waals surface area contributed by atoms with Crippen LogP contribution in [0.25, 0.3) is 0 Å². The molecule has 0 radical (unpaired) electrons. The van der Waals surface area contributed by atoms with Crippen LogP contribution in [0.1, 0.15) is 33.1 Å². The molecule has 0 saturated carbocycles. The first kappa shape index (κ1) is 15.7. The second-order valence-corrected chi connectivity index (χ2v) is 5.60. The molecule has 0 aromatic heterocycles. The van der Waals surface area contributed by atoms with Gasteiger partial charge in [0, 0.05) is 26.2 Å². The molecule has 1 heterocycles. The van der Waals surface area contributed by atoms with Gasteiger partial charge in [0.25, 0.3) is 0 Å². The predicted molar refractivity (Wildman–Crippen MR) is 88.9 cm³/mol. The van der Waals surface area contributed by atoms with Crippen molar-refractivity contribution in [2.24, 2.45) is 0 Å². The number of nitrogens with one attached hydrogen (secondary N) is 1. The molecular weight excluding hydrogens is 262 g/mol. The molecule has 0 spiro atoms. The summed E-state index contributed by atoms with van der Waals surface area (Å²) in [5.74, 6) is 0.246. The van der Waals surface area contributed by atoms with Crippen molar-refractivity contribution in [2.75, 3.05) is 42.9 Å². The summed E-state index contributed by atoms with van der Waals surface area (Å²) in [6.45, 7) is 8.36. The van der Waals surface area contributed by atoms with E-state index in [9.17, 15) is 4.79 Å². The Morgan fingerprint density at radius 2 is 1.95 bits per heavy atom. The minimum Gasteiger partial charge on any atom is -0.383 e. The average Bonchev–Trinajstić information content (AvgIpc) is 2.70. The Bertz CT molecular complexity index is 455. The van der Waals surface area contributed by atoms with Crippen LogP contribution in [0.4, 0.5) is 11.4 Å². The fourth-order valence-corrected chi connectivity index (χ4v) is 2.84. The summed E-state index contributed by atoms with van der Waals surface area (Å²) < 4.78 is 0. The van der Waals surface area contributed by atoms with E-state index in [1.807, 2.05) is 17.0 Å². The highest BCUT2D eigenvalue weighted by atomic mass is 16.2. The Hall–Kier alpha value is -1.71. The maximum absolute atomic E-state index is 12.6. The Morgan fingerprint density at radius 3 is 2.67 bits per heavy atom. The third kappa shape index (κ3) is 4.13. The molecule has 4 heteroatoms. The van der Waals surface area contributed by atoms with Crippen LogP contribution in [-0.4, -0.2) is 43.5 Å². The lowest BCUT2D eigenvalue weighted by Crippen LogP contribution is -2.41. The number of carbonyl (C=O) groups is 1. The molecule has 1 aromatic carbocycles. The minimum absolute atomic E-state index is 0.246. The van der Waals surface area contributed by atoms with E-state index in [4.69, 9.17) is 0 Å². The van der Waals surface area contributed by atoms with Gasteiger partial charge < -0.3 is 15.1 Å². The number of fused-ring (bicyclic) bond motifs is 1. The van der Waals surface area contributed by atoms with E-state index >= 15 is 0 Å². The van der Waals surface area contributed by atoms with Gasteiger partial charge in [0.1, 0.15) is 0 Å². The topological polar surface area (TPSA) is 35.6 Å². The third-order valence-corrected chi connectivity index (χ3v) is 3.83. The number of anilines is 2. The number of rotatable bonds is 6. The van der Waals surface area contributed by atoms with Gasteiger partial charge in [0.05, 0.1) is 17.9 Å². The largest absolute Gasteiger partial charge is 0.383 e. The highest BCUT2D eigenvalue weighted by Gasteiger charge is 2.20. The normalized spacial score (nSPS) is 14.1. The second-order valence-electron chi connectivity index (χ2n) is 5.60. The maximum atomic E-state index is 12.6. The van der Waals surface area contributed by atoms with E-state index in [0.29, 0.717) is 6.54 Å². The lowest BCUT2D eigenvalue weighted by atomic mass is 10.2. The van der Waals surface area contributed by atoms with E-state index < -0.39 is 0 Å². The fourth-order valence-electron chi connectivity index (χ4n) is 2.84. The Balaban J connectivity index is 2.09. The van der Waals surface area contributed by atoms with Crippen molar-refractivity contribution in [3.05, 3.63) is 24.3 Å². The number of hydrogen-bond acceptors (Lipinski definition) is 3. The van der Waals surface area contributed by atoms with Crippen LogP contribution < -0.4 is 10.2 Å². The van der Waals surface area contributed by atoms with Crippen LogP contribution in [0.2, 0.25) is 0 Å². The van der Waals surface area contributed by atoms with Crippen molar-refractivity contribution in [2.45, 2.75) is 33.1 Å². The lowest BCUT2D eigenvalue weighted by Gasteiger charge is -2.28. The molecule has 4 nitrogen and oxygen atoms in total. The molecular formula is C17H27N3O. The summed E-state index contributed by atoms with van der Waals surface area (Å²) in [4.78, 5) is 16.8. The molecule has 2 rings (SSSR count). The van der Waals surface area contributed by atoms with E-state index in [0.717, 1.165) is 56.8 Å². The van der Waals surface area contributed by atoms with Crippen molar-refractivity contribution < 1.29 is 4.79 Å². The molecule has 21 heavy (non-hydrogen) atoms. The van der Waals surface area contributed by atoms with Gasteiger partial charge >= 0.3 is 0 Å². The number of benzene rings is 1. The van der Waals surface area contributed by atoms with Crippen molar-refractivity contribution in [1.29, 1.82) is 0 Å². The van der Waals surface area contributed by atoms with Crippen LogP contribution in [0.3, 0.4) is 0 Å². The van der Waals surface area contributed by atoms with Crippen molar-refractivity contribution in [3.63, 3.8) is 0 Å². The second kappa shape index (κ2) is 7.91. The van der Waals surface area contributed by atoms with Gasteiger partial charge in [-0.05, 0) is 31.4 Å². The standard InChI is InChI=1S/C17H27N3O/c1-3-11-19(12-4-2)17(21)14-20-13-7-10-18-15-8-5-6-9-16(15)20/h5-6,8-9,18H,3-4,7,10-14H2,1-2H3. The fraction of sp³-hybridized carbons (Fsp3) is 0.588. The summed E-state index contributed by atoms with van der Waals surface area (Å²) in [5, 5.41) is 3.44. The van der Waals surface area contributed by atoms with Crippen molar-refractivity contribution in [1.82, 2.24) is 4.90 Å². The summed E-state index contributed by atoms with van der Waals surface area (Å²) in [6, 6.07) is 8.27. The highest BCUT2D eigenvalue weighted by molar-refractivity contribution is 5.83. The summed E-state index contributed by atoms with van der Waals surface area (Å²) in [7, 11) is 0. The molecule has 0 bridgehead atoms. The highest BCUT2D eigenvalue weighted by Crippen LogP contribution is 2.27. The molecule has 1 aliphatic rings. The van der Waals surface area contributed by atoms with Gasteiger partial charge in [0.2, 0.25) is 5.91 Å². The number of hydrogen-bond donors (Lipinski definition) is 1. The zero-order valence-electron chi connectivity index (χ0n) is 13.3. The van der Waals surface area contributed by atoms with Crippen LogP contribution in [0.5, 0.6) is 0 Å². The minimum atomic E-state index is 0.246. The Labute approximate surface area is 128 Å². The van der Waals surface area contributed by atoms with Crippen LogP contribution in [0.15, 0.2) is 24.3 Å². The monoisotopic (exact) mass is 289 g/mol. The van der Waals surface area contributed by atoms with E-state index in [1.165, 1.54) is 0 Å². The zero-order chi connectivity index (χ0) is 15.1. The Morgan fingerprint density at radius 1 is 1.24 bits per heavy atom. The van der Waals surface area contributed by atoms with Gasteiger partial charge in [-0.1, -0.05) is 26.0 Å². The first-order valence-corrected chi connectivity index (χ1v) is 8.11. The zero-order valence-corrected chi connectivity index (χ0v) is 13.3. The average molecular weight is 289 g/mol. The predicted octanol–water partition coefficient (Wildman–Crippen LogP) is 2.96. The first-order valence-electron chi connectivity index (χ1n) is 8.11. The molecule has 1 aromatic rings. The van der Waals surface area contributed by atoms with Crippen LogP contribution in [0, 0.1) is 0 Å². The molecule has 116 valence electrons. The summed E-state index contributed by atoms with van der Waals surface area (Å²) >= 11 is 0. The van der Waals surface area contributed by atoms with E-state index in [1.54, 1.807) is 0 Å². The van der Waals surface area contributed by atoms with Gasteiger partial charge in [-0.3, -0.25) is 4.79 Å². The third-order valence-electron chi connectivity index (χ3n) is 3.83. The van der Waals surface area contributed by atoms with E-state index in [2.05, 4.69) is 36.2 Å². The van der Waals surface area contributed by atoms with Crippen LogP contribution in [-0.2, 0) is 4.79 Å². The van der Waals surface area contributed by atoms with Crippen LogP contribution >= 0.6 is 0 Å². The van der Waals surface area contributed by atoms with Crippen molar-refractivity contribution >= 4 is 17.3 Å². The summed E-state index contributed by atoms with van der Waals surface area (Å²) in [6.07, 6.45) is 3.09. The number of nitrogens with zero attached hydrogens (tertiary/aromatic N) is 2. The van der Waals surface area contributed by atoms with Gasteiger partial charge in [-0.15, -0.1) is 0 Å². The molecule has 1 amide bonds. The molecule has 0 atom stereocenters. The number of para-hydroxylation sites is 2. The first-order chi connectivity index (χ1) is 10.3.